The lowest BCUT2D eigenvalue weighted by Gasteiger charge is -2.39. The predicted octanol–water partition coefficient (Wildman–Crippen LogP) is 1.18. The van der Waals surface area contributed by atoms with Crippen LogP contribution in [0.15, 0.2) is 0 Å². The van der Waals surface area contributed by atoms with Gasteiger partial charge < -0.3 is 5.11 Å². The number of amides is 1. The maximum atomic E-state index is 11.0. The van der Waals surface area contributed by atoms with Gasteiger partial charge in [0.1, 0.15) is 0 Å². The van der Waals surface area contributed by atoms with Crippen molar-refractivity contribution in [3.05, 3.63) is 0 Å². The Hall–Kier alpha value is -0.650. The van der Waals surface area contributed by atoms with Crippen molar-refractivity contribution in [2.45, 2.75) is 45.6 Å². The number of aliphatic hydroxyl groups is 1. The number of nitrogens with zero attached hydrogens (tertiary/aromatic N) is 2. The van der Waals surface area contributed by atoms with E-state index < -0.39 is 0 Å². The summed E-state index contributed by atoms with van der Waals surface area (Å²) in [5, 5.41) is 12.1. The molecule has 0 saturated carbocycles. The Morgan fingerprint density at radius 2 is 2.00 bits per heavy atom. The zero-order valence-corrected chi connectivity index (χ0v) is 11.1. The number of hydroxylamine groups is 1. The molecular weight excluding hydrogens is 220 g/mol. The molecule has 1 amide bonds. The van der Waals surface area contributed by atoms with Crippen molar-refractivity contribution < 1.29 is 14.7 Å². The van der Waals surface area contributed by atoms with E-state index in [0.717, 1.165) is 38.8 Å². The van der Waals surface area contributed by atoms with E-state index in [9.17, 15) is 4.79 Å². The Balaban J connectivity index is 2.42. The van der Waals surface area contributed by atoms with Crippen LogP contribution in [-0.2, 0) is 9.63 Å². The Labute approximate surface area is 103 Å². The number of hydrogen-bond acceptors (Lipinski definition) is 4. The van der Waals surface area contributed by atoms with Crippen LogP contribution in [0.3, 0.4) is 0 Å². The number of hydrogen-bond donors (Lipinski definition) is 1. The first-order chi connectivity index (χ1) is 7.96. The third-order valence-corrected chi connectivity index (χ3v) is 2.86. The van der Waals surface area contributed by atoms with Crippen molar-refractivity contribution in [2.75, 3.05) is 19.7 Å². The first-order valence-corrected chi connectivity index (χ1v) is 6.25. The number of hydrazine groups is 1. The van der Waals surface area contributed by atoms with Crippen LogP contribution in [0.25, 0.3) is 0 Å². The van der Waals surface area contributed by atoms with Crippen LogP contribution in [0, 0.1) is 5.92 Å². The fourth-order valence-corrected chi connectivity index (χ4v) is 2.01. The molecule has 1 N–H and O–H groups in total. The van der Waals surface area contributed by atoms with Gasteiger partial charge in [-0.15, -0.1) is 5.17 Å². The lowest BCUT2D eigenvalue weighted by molar-refractivity contribution is -0.304. The normalized spacial score (nSPS) is 19.3. The van der Waals surface area contributed by atoms with Gasteiger partial charge >= 0.3 is 0 Å². The lowest BCUT2D eigenvalue weighted by atomic mass is 9.95. The monoisotopic (exact) mass is 244 g/mol. The lowest BCUT2D eigenvalue weighted by Crippen LogP contribution is -2.49. The van der Waals surface area contributed by atoms with Crippen LogP contribution in [0.5, 0.6) is 0 Å². The average Bonchev–Trinajstić information content (AvgIpc) is 2.26. The zero-order chi connectivity index (χ0) is 12.9. The van der Waals surface area contributed by atoms with Gasteiger partial charge in [0.15, 0.2) is 0 Å². The van der Waals surface area contributed by atoms with Gasteiger partial charge in [-0.2, -0.15) is 5.01 Å². The first-order valence-electron chi connectivity index (χ1n) is 6.25. The Morgan fingerprint density at radius 3 is 2.41 bits per heavy atom. The molecule has 1 rings (SSSR count). The quantitative estimate of drug-likeness (QED) is 0.583. The number of carbonyl (C=O) groups is 1. The maximum Gasteiger partial charge on any atom is 0.249 e. The smallest absolute Gasteiger partial charge is 0.249 e. The maximum absolute atomic E-state index is 11.0. The van der Waals surface area contributed by atoms with Crippen molar-refractivity contribution in [3.63, 3.8) is 0 Å². The first kappa shape index (κ1) is 14.4. The summed E-state index contributed by atoms with van der Waals surface area (Å²) >= 11 is 0. The predicted molar refractivity (Wildman–Crippen MR) is 64.7 cm³/mol. The summed E-state index contributed by atoms with van der Waals surface area (Å²) in [6, 6.07) is 0. The van der Waals surface area contributed by atoms with Gasteiger partial charge in [-0.25, -0.2) is 4.84 Å². The molecule has 5 nitrogen and oxygen atoms in total. The van der Waals surface area contributed by atoms with Crippen LogP contribution in [0.2, 0.25) is 0 Å². The van der Waals surface area contributed by atoms with E-state index in [0.29, 0.717) is 5.92 Å². The molecule has 0 unspecified atom stereocenters. The van der Waals surface area contributed by atoms with E-state index >= 15 is 0 Å². The minimum Gasteiger partial charge on any atom is -0.396 e. The fraction of sp³-hybridized carbons (Fsp3) is 0.917. The molecule has 0 spiro atoms. The third kappa shape index (κ3) is 5.02. The molecule has 1 aliphatic rings. The van der Waals surface area contributed by atoms with Crippen LogP contribution in [0.1, 0.15) is 40.0 Å². The number of rotatable bonds is 5. The number of aliphatic hydroxyl groups excluding tert-OH is 1. The second-order valence-electron chi connectivity index (χ2n) is 5.52. The summed E-state index contributed by atoms with van der Waals surface area (Å²) < 4.78 is 0. The Morgan fingerprint density at radius 1 is 1.41 bits per heavy atom. The van der Waals surface area contributed by atoms with E-state index in [2.05, 4.69) is 0 Å². The molecule has 0 atom stereocenters. The molecule has 1 aliphatic heterocycles. The fourth-order valence-electron chi connectivity index (χ4n) is 2.01. The molecule has 17 heavy (non-hydrogen) atoms. The van der Waals surface area contributed by atoms with Gasteiger partial charge in [0, 0.05) is 19.7 Å². The van der Waals surface area contributed by atoms with E-state index in [-0.39, 0.29) is 12.2 Å². The summed E-state index contributed by atoms with van der Waals surface area (Å²) in [5.74, 6) is 0.569. The van der Waals surface area contributed by atoms with Crippen LogP contribution in [-0.4, -0.2) is 47.0 Å². The average molecular weight is 244 g/mol. The van der Waals surface area contributed by atoms with Crippen molar-refractivity contribution in [1.82, 2.24) is 10.2 Å². The second kappa shape index (κ2) is 6.33. The summed E-state index contributed by atoms with van der Waals surface area (Å²) in [4.78, 5) is 16.6. The molecule has 5 heteroatoms. The highest BCUT2D eigenvalue weighted by Crippen LogP contribution is 2.22. The minimum atomic E-state index is -0.372. The van der Waals surface area contributed by atoms with Crippen molar-refractivity contribution in [3.8, 4) is 0 Å². The van der Waals surface area contributed by atoms with Crippen LogP contribution in [0.4, 0.5) is 0 Å². The molecule has 0 aromatic rings. The van der Waals surface area contributed by atoms with E-state index in [1.807, 2.05) is 25.8 Å². The third-order valence-electron chi connectivity index (χ3n) is 2.86. The SMILES string of the molecule is CC(C)(C)ON(C=O)N1CCC(CCO)CC1. The largest absolute Gasteiger partial charge is 0.396 e. The van der Waals surface area contributed by atoms with Crippen molar-refractivity contribution >= 4 is 6.41 Å². The van der Waals surface area contributed by atoms with Gasteiger partial charge in [0.2, 0.25) is 6.41 Å². The van der Waals surface area contributed by atoms with Gasteiger partial charge in [0.05, 0.1) is 5.60 Å². The molecule has 0 aliphatic carbocycles. The molecule has 100 valence electrons. The molecule has 0 aromatic carbocycles. The molecule has 1 heterocycles. The second-order valence-corrected chi connectivity index (χ2v) is 5.52. The zero-order valence-electron chi connectivity index (χ0n) is 11.1. The van der Waals surface area contributed by atoms with E-state index in [4.69, 9.17) is 9.94 Å². The number of piperidine rings is 1. The molecular formula is C12H24N2O3. The molecule has 1 saturated heterocycles. The topological polar surface area (TPSA) is 53.0 Å². The molecule has 0 aromatic heterocycles. The Bertz CT molecular complexity index is 232. The molecule has 0 bridgehead atoms. The van der Waals surface area contributed by atoms with Gasteiger partial charge in [0.25, 0.3) is 0 Å². The highest BCUT2D eigenvalue weighted by Gasteiger charge is 2.26. The van der Waals surface area contributed by atoms with E-state index in [1.54, 1.807) is 0 Å². The van der Waals surface area contributed by atoms with Crippen molar-refractivity contribution in [2.24, 2.45) is 5.92 Å². The molecule has 0 radical (unpaired) electrons. The molecule has 1 fully saturated rings. The standard InChI is InChI=1S/C12H24N2O3/c1-12(2,3)17-14(10-16)13-7-4-11(5-8-13)6-9-15/h10-11,15H,4-9H2,1-3H3. The highest BCUT2D eigenvalue weighted by atomic mass is 16.7. The summed E-state index contributed by atoms with van der Waals surface area (Å²) in [6.45, 7) is 7.62. The van der Waals surface area contributed by atoms with Crippen molar-refractivity contribution in [1.29, 1.82) is 0 Å². The van der Waals surface area contributed by atoms with Crippen LogP contribution >= 0.6 is 0 Å². The van der Waals surface area contributed by atoms with Crippen LogP contribution < -0.4 is 0 Å². The van der Waals surface area contributed by atoms with Gasteiger partial charge in [-0.1, -0.05) is 0 Å². The summed E-state index contributed by atoms with van der Waals surface area (Å²) in [6.07, 6.45) is 3.57. The number of carbonyl (C=O) groups excluding carboxylic acids is 1. The minimum absolute atomic E-state index is 0.251. The summed E-state index contributed by atoms with van der Waals surface area (Å²) in [5.41, 5.74) is -0.372. The highest BCUT2D eigenvalue weighted by molar-refractivity contribution is 5.44. The summed E-state index contributed by atoms with van der Waals surface area (Å²) in [7, 11) is 0. The van der Waals surface area contributed by atoms with E-state index in [1.165, 1.54) is 5.17 Å². The van der Waals surface area contributed by atoms with Gasteiger partial charge in [-0.05, 0) is 46.0 Å². The van der Waals surface area contributed by atoms with Gasteiger partial charge in [-0.3, -0.25) is 4.79 Å². The Kier molecular flexibility index (Phi) is 5.36.